The average molecular weight is 204 g/mol. The van der Waals surface area contributed by atoms with Gasteiger partial charge in [0, 0.05) is 6.42 Å². The van der Waals surface area contributed by atoms with Crippen molar-refractivity contribution in [2.75, 3.05) is 5.75 Å². The maximum absolute atomic E-state index is 11.4. The zero-order valence-corrected chi connectivity index (χ0v) is 8.77. The fraction of sp³-hybridized carbons (Fsp3) is 0.889. The normalized spacial score (nSPS) is 26.1. The maximum Gasteiger partial charge on any atom is 0.160 e. The molecule has 0 N–H and O–H groups in total. The number of sulfone groups is 1. The molecule has 0 aromatic carbocycles. The van der Waals surface area contributed by atoms with E-state index in [1.54, 1.807) is 0 Å². The van der Waals surface area contributed by atoms with E-state index in [4.69, 9.17) is 0 Å². The van der Waals surface area contributed by atoms with Gasteiger partial charge in [0.1, 0.15) is 5.25 Å². The first kappa shape index (κ1) is 10.7. The number of hydrogen-bond acceptors (Lipinski definition) is 3. The van der Waals surface area contributed by atoms with Gasteiger partial charge in [0.25, 0.3) is 0 Å². The van der Waals surface area contributed by atoms with Crippen LogP contribution in [0.1, 0.15) is 39.0 Å². The lowest BCUT2D eigenvalue weighted by Crippen LogP contribution is -2.25. The van der Waals surface area contributed by atoms with Crippen LogP contribution < -0.4 is 0 Å². The molecule has 1 unspecified atom stereocenters. The zero-order chi connectivity index (χ0) is 9.90. The Morgan fingerprint density at radius 2 is 2.15 bits per heavy atom. The van der Waals surface area contributed by atoms with Gasteiger partial charge in [0.2, 0.25) is 0 Å². The second-order valence-electron chi connectivity index (χ2n) is 3.57. The van der Waals surface area contributed by atoms with E-state index < -0.39 is 15.1 Å². The number of Topliss-reactive ketones (excluding diaryl/α,β-unsaturated/α-hetero) is 1. The summed E-state index contributed by atoms with van der Waals surface area (Å²) in [6, 6.07) is 0. The lowest BCUT2D eigenvalue weighted by atomic mass is 10.1. The minimum atomic E-state index is -3.07. The smallest absolute Gasteiger partial charge is 0.160 e. The van der Waals surface area contributed by atoms with Gasteiger partial charge in [-0.2, -0.15) is 0 Å². The fourth-order valence-electron chi connectivity index (χ4n) is 1.66. The predicted molar refractivity (Wildman–Crippen MR) is 51.3 cm³/mol. The third kappa shape index (κ3) is 2.53. The summed E-state index contributed by atoms with van der Waals surface area (Å²) < 4.78 is 22.7. The quantitative estimate of drug-likeness (QED) is 0.694. The van der Waals surface area contributed by atoms with E-state index >= 15 is 0 Å². The van der Waals surface area contributed by atoms with Crippen LogP contribution in [0, 0.1) is 0 Å². The lowest BCUT2D eigenvalue weighted by Gasteiger charge is -2.06. The van der Waals surface area contributed by atoms with Gasteiger partial charge in [0.05, 0.1) is 5.75 Å². The van der Waals surface area contributed by atoms with Crippen LogP contribution in [-0.4, -0.2) is 25.2 Å². The highest BCUT2D eigenvalue weighted by molar-refractivity contribution is 7.93. The molecular formula is C9H16O3S. The van der Waals surface area contributed by atoms with Crippen LogP contribution in [0.15, 0.2) is 0 Å². The topological polar surface area (TPSA) is 51.2 Å². The van der Waals surface area contributed by atoms with Crippen molar-refractivity contribution in [3.63, 3.8) is 0 Å². The summed E-state index contributed by atoms with van der Waals surface area (Å²) in [5.41, 5.74) is 0. The van der Waals surface area contributed by atoms with Crippen LogP contribution in [-0.2, 0) is 14.6 Å². The molecule has 3 nitrogen and oxygen atoms in total. The van der Waals surface area contributed by atoms with Gasteiger partial charge < -0.3 is 0 Å². The van der Waals surface area contributed by atoms with Crippen LogP contribution in [0.4, 0.5) is 0 Å². The molecule has 0 radical (unpaired) electrons. The minimum absolute atomic E-state index is 0.0700. The van der Waals surface area contributed by atoms with Crippen LogP contribution in [0.5, 0.6) is 0 Å². The summed E-state index contributed by atoms with van der Waals surface area (Å²) >= 11 is 0. The number of carbonyl (C=O) groups is 1. The molecule has 0 aliphatic carbocycles. The SMILES string of the molecule is CCCCC(=O)C1CCCS1(=O)=O. The van der Waals surface area contributed by atoms with Crippen LogP contribution in [0.3, 0.4) is 0 Å². The van der Waals surface area contributed by atoms with Crippen LogP contribution in [0.2, 0.25) is 0 Å². The van der Waals surface area contributed by atoms with Gasteiger partial charge in [-0.1, -0.05) is 13.3 Å². The van der Waals surface area contributed by atoms with Gasteiger partial charge in [-0.3, -0.25) is 4.79 Å². The Kier molecular flexibility index (Phi) is 3.47. The molecule has 0 bridgehead atoms. The molecule has 13 heavy (non-hydrogen) atoms. The highest BCUT2D eigenvalue weighted by atomic mass is 32.2. The highest BCUT2D eigenvalue weighted by Crippen LogP contribution is 2.22. The molecule has 1 saturated heterocycles. The number of hydrogen-bond donors (Lipinski definition) is 0. The number of unbranched alkanes of at least 4 members (excludes halogenated alkanes) is 1. The summed E-state index contributed by atoms with van der Waals surface area (Å²) in [6.45, 7) is 2.00. The van der Waals surface area contributed by atoms with Crippen molar-refractivity contribution in [2.24, 2.45) is 0 Å². The first-order chi connectivity index (χ1) is 6.08. The Bertz CT molecular complexity index is 279. The molecule has 0 aromatic rings. The second-order valence-corrected chi connectivity index (χ2v) is 5.87. The van der Waals surface area contributed by atoms with Gasteiger partial charge in [-0.05, 0) is 19.3 Å². The molecular weight excluding hydrogens is 188 g/mol. The van der Waals surface area contributed by atoms with E-state index in [-0.39, 0.29) is 11.5 Å². The molecule has 0 aromatic heterocycles. The molecule has 1 heterocycles. The van der Waals surface area contributed by atoms with E-state index in [0.29, 0.717) is 19.3 Å². The maximum atomic E-state index is 11.4. The molecule has 1 rings (SSSR count). The predicted octanol–water partition coefficient (Wildman–Crippen LogP) is 1.32. The molecule has 1 aliphatic heterocycles. The van der Waals surface area contributed by atoms with E-state index in [1.165, 1.54) is 0 Å². The standard InChI is InChI=1S/C9H16O3S/c1-2-3-5-8(10)9-6-4-7-13(9,11)12/h9H,2-7H2,1H3. The summed E-state index contributed by atoms with van der Waals surface area (Å²) in [4.78, 5) is 11.4. The second kappa shape index (κ2) is 4.22. The zero-order valence-electron chi connectivity index (χ0n) is 7.95. The third-order valence-electron chi connectivity index (χ3n) is 2.46. The van der Waals surface area contributed by atoms with Gasteiger partial charge in [0.15, 0.2) is 15.6 Å². The van der Waals surface area contributed by atoms with Gasteiger partial charge in [-0.25, -0.2) is 8.42 Å². The first-order valence-corrected chi connectivity index (χ1v) is 6.53. The number of ketones is 1. The molecule has 0 saturated carbocycles. The van der Waals surface area contributed by atoms with E-state index in [2.05, 4.69) is 0 Å². The van der Waals surface area contributed by atoms with E-state index in [9.17, 15) is 13.2 Å². The monoisotopic (exact) mass is 204 g/mol. The number of carbonyl (C=O) groups excluding carboxylic acids is 1. The Hall–Kier alpha value is -0.380. The van der Waals surface area contributed by atoms with Crippen molar-refractivity contribution >= 4 is 15.6 Å². The molecule has 0 amide bonds. The minimum Gasteiger partial charge on any atom is -0.298 e. The van der Waals surface area contributed by atoms with Crippen molar-refractivity contribution in [1.82, 2.24) is 0 Å². The summed E-state index contributed by atoms with van der Waals surface area (Å²) in [7, 11) is -3.07. The van der Waals surface area contributed by atoms with Crippen LogP contribution in [0.25, 0.3) is 0 Å². The molecule has 1 fully saturated rings. The Labute approximate surface area is 79.4 Å². The summed E-state index contributed by atoms with van der Waals surface area (Å²) in [5, 5.41) is -0.668. The van der Waals surface area contributed by atoms with Crippen LogP contribution >= 0.6 is 0 Å². The molecule has 1 atom stereocenters. The van der Waals surface area contributed by atoms with Crippen molar-refractivity contribution in [3.8, 4) is 0 Å². The van der Waals surface area contributed by atoms with Crippen molar-refractivity contribution in [1.29, 1.82) is 0 Å². The molecule has 4 heteroatoms. The van der Waals surface area contributed by atoms with Crippen molar-refractivity contribution in [2.45, 2.75) is 44.3 Å². The Morgan fingerprint density at radius 1 is 1.46 bits per heavy atom. The van der Waals surface area contributed by atoms with Gasteiger partial charge >= 0.3 is 0 Å². The molecule has 76 valence electrons. The number of rotatable bonds is 4. The summed E-state index contributed by atoms with van der Waals surface area (Å²) in [5.74, 6) is 0.134. The molecule has 0 spiro atoms. The largest absolute Gasteiger partial charge is 0.298 e. The average Bonchev–Trinajstić information content (AvgIpc) is 2.41. The third-order valence-corrected chi connectivity index (χ3v) is 4.69. The van der Waals surface area contributed by atoms with Gasteiger partial charge in [-0.15, -0.1) is 0 Å². The van der Waals surface area contributed by atoms with Crippen molar-refractivity contribution in [3.05, 3.63) is 0 Å². The molecule has 1 aliphatic rings. The first-order valence-electron chi connectivity index (χ1n) is 4.82. The summed E-state index contributed by atoms with van der Waals surface area (Å²) in [6.07, 6.45) is 3.39. The Morgan fingerprint density at radius 3 is 2.62 bits per heavy atom. The van der Waals surface area contributed by atoms with E-state index in [1.807, 2.05) is 6.92 Å². The van der Waals surface area contributed by atoms with Crippen molar-refractivity contribution < 1.29 is 13.2 Å². The van der Waals surface area contributed by atoms with E-state index in [0.717, 1.165) is 12.8 Å². The fourth-order valence-corrected chi connectivity index (χ4v) is 3.56. The Balaban J connectivity index is 2.57. The highest BCUT2D eigenvalue weighted by Gasteiger charge is 2.36. The lowest BCUT2D eigenvalue weighted by molar-refractivity contribution is -0.118.